The first-order chi connectivity index (χ1) is 9.19. The number of hydrogen-bond acceptors (Lipinski definition) is 6. The zero-order chi connectivity index (χ0) is 13.7. The van der Waals surface area contributed by atoms with Gasteiger partial charge in [0.05, 0.1) is 17.7 Å². The lowest BCUT2D eigenvalue weighted by molar-refractivity contribution is 0.101. The van der Waals surface area contributed by atoms with E-state index < -0.39 is 0 Å². The monoisotopic (exact) mass is 277 g/mol. The minimum Gasteiger partial charge on any atom is -0.395 e. The fraction of sp³-hybridized carbons (Fsp3) is 0.250. The Kier molecular flexibility index (Phi) is 4.28. The lowest BCUT2D eigenvalue weighted by Gasteiger charge is -1.95. The molecule has 0 saturated carbocycles. The van der Waals surface area contributed by atoms with E-state index in [9.17, 15) is 4.79 Å². The summed E-state index contributed by atoms with van der Waals surface area (Å²) in [6.07, 6.45) is 1.98. The van der Waals surface area contributed by atoms with E-state index in [2.05, 4.69) is 27.3 Å². The van der Waals surface area contributed by atoms with Crippen molar-refractivity contribution in [2.24, 2.45) is 0 Å². The van der Waals surface area contributed by atoms with Crippen LogP contribution in [0, 0.1) is 18.8 Å². The Labute approximate surface area is 113 Å². The van der Waals surface area contributed by atoms with Gasteiger partial charge in [-0.2, -0.15) is 0 Å². The standard InChI is InChI=1S/C12H11N3O3S/c1-8-6-10(15-18-8)11(17)14-12-13-7-9(19-12)4-2-3-5-16/h6-7,16H,3,5H2,1H3,(H,13,14,17). The van der Waals surface area contributed by atoms with Gasteiger partial charge >= 0.3 is 0 Å². The summed E-state index contributed by atoms with van der Waals surface area (Å²) >= 11 is 1.26. The van der Waals surface area contributed by atoms with Crippen molar-refractivity contribution >= 4 is 22.4 Å². The van der Waals surface area contributed by atoms with E-state index in [1.165, 1.54) is 11.3 Å². The minimum absolute atomic E-state index is 0.0287. The highest BCUT2D eigenvalue weighted by atomic mass is 32.1. The average Bonchev–Trinajstić information content (AvgIpc) is 2.99. The number of aliphatic hydroxyl groups is 1. The Morgan fingerprint density at radius 3 is 3.16 bits per heavy atom. The predicted octanol–water partition coefficient (Wildman–Crippen LogP) is 1.43. The van der Waals surface area contributed by atoms with Gasteiger partial charge in [0.25, 0.3) is 5.91 Å². The van der Waals surface area contributed by atoms with Gasteiger partial charge in [0.1, 0.15) is 5.76 Å². The van der Waals surface area contributed by atoms with E-state index in [1.54, 1.807) is 19.2 Å². The molecule has 2 aromatic rings. The molecule has 0 fully saturated rings. The van der Waals surface area contributed by atoms with Crippen LogP contribution in [0.2, 0.25) is 0 Å². The molecule has 0 spiro atoms. The molecule has 98 valence electrons. The second-order valence-electron chi connectivity index (χ2n) is 3.58. The first kappa shape index (κ1) is 13.3. The number of rotatable bonds is 3. The molecule has 0 unspecified atom stereocenters. The van der Waals surface area contributed by atoms with Gasteiger partial charge in [-0.3, -0.25) is 10.1 Å². The molecule has 0 saturated heterocycles. The fourth-order valence-corrected chi connectivity index (χ4v) is 1.92. The molecule has 0 aromatic carbocycles. The lowest BCUT2D eigenvalue weighted by atomic mass is 10.4. The van der Waals surface area contributed by atoms with Gasteiger partial charge in [-0.25, -0.2) is 4.98 Å². The second-order valence-corrected chi connectivity index (χ2v) is 4.61. The number of carbonyl (C=O) groups excluding carboxylic acids is 1. The van der Waals surface area contributed by atoms with E-state index >= 15 is 0 Å². The summed E-state index contributed by atoms with van der Waals surface area (Å²) in [7, 11) is 0. The van der Waals surface area contributed by atoms with Gasteiger partial charge in [-0.1, -0.05) is 28.3 Å². The Bertz CT molecular complexity index is 636. The van der Waals surface area contributed by atoms with Crippen LogP contribution in [0.5, 0.6) is 0 Å². The van der Waals surface area contributed by atoms with Crippen molar-refractivity contribution < 1.29 is 14.4 Å². The molecule has 6 nitrogen and oxygen atoms in total. The molecule has 19 heavy (non-hydrogen) atoms. The summed E-state index contributed by atoms with van der Waals surface area (Å²) in [4.78, 5) is 16.5. The first-order valence-electron chi connectivity index (χ1n) is 5.49. The maximum Gasteiger partial charge on any atom is 0.279 e. The van der Waals surface area contributed by atoms with Crippen molar-refractivity contribution in [1.82, 2.24) is 10.1 Å². The number of aryl methyl sites for hydroxylation is 1. The van der Waals surface area contributed by atoms with Crippen molar-refractivity contribution in [2.75, 3.05) is 11.9 Å². The SMILES string of the molecule is Cc1cc(C(=O)Nc2ncc(C#CCCO)s2)no1. The topological polar surface area (TPSA) is 88.2 Å². The summed E-state index contributed by atoms with van der Waals surface area (Å²) < 4.78 is 4.82. The Morgan fingerprint density at radius 2 is 2.47 bits per heavy atom. The fourth-order valence-electron chi connectivity index (χ4n) is 1.23. The number of carbonyl (C=O) groups is 1. The number of anilines is 1. The van der Waals surface area contributed by atoms with Gasteiger partial charge in [0, 0.05) is 12.5 Å². The van der Waals surface area contributed by atoms with Crippen LogP contribution >= 0.6 is 11.3 Å². The van der Waals surface area contributed by atoms with Gasteiger partial charge < -0.3 is 9.63 Å². The Hall–Kier alpha value is -2.17. The zero-order valence-corrected chi connectivity index (χ0v) is 11.0. The molecule has 0 radical (unpaired) electrons. The van der Waals surface area contributed by atoms with Gasteiger partial charge in [0.15, 0.2) is 10.8 Å². The van der Waals surface area contributed by atoms with E-state index in [-0.39, 0.29) is 18.2 Å². The predicted molar refractivity (Wildman–Crippen MR) is 69.9 cm³/mol. The number of aliphatic hydroxyl groups excluding tert-OH is 1. The summed E-state index contributed by atoms with van der Waals surface area (Å²) in [5.41, 5.74) is 0.209. The molecule has 2 N–H and O–H groups in total. The number of nitrogens with one attached hydrogen (secondary N) is 1. The number of amides is 1. The van der Waals surface area contributed by atoms with Crippen molar-refractivity contribution in [1.29, 1.82) is 0 Å². The zero-order valence-electron chi connectivity index (χ0n) is 10.1. The van der Waals surface area contributed by atoms with E-state index in [4.69, 9.17) is 9.63 Å². The van der Waals surface area contributed by atoms with Crippen LogP contribution in [0.1, 0.15) is 27.5 Å². The highest BCUT2D eigenvalue weighted by Crippen LogP contribution is 2.17. The molecular weight excluding hydrogens is 266 g/mol. The van der Waals surface area contributed by atoms with Crippen molar-refractivity contribution in [2.45, 2.75) is 13.3 Å². The molecule has 0 bridgehead atoms. The van der Waals surface area contributed by atoms with Gasteiger partial charge in [-0.15, -0.1) is 0 Å². The van der Waals surface area contributed by atoms with E-state index in [1.807, 2.05) is 0 Å². The van der Waals surface area contributed by atoms with Crippen molar-refractivity contribution in [3.05, 3.63) is 28.6 Å². The van der Waals surface area contributed by atoms with Crippen LogP contribution in [0.3, 0.4) is 0 Å². The first-order valence-corrected chi connectivity index (χ1v) is 6.31. The normalized spacial score (nSPS) is 9.79. The summed E-state index contributed by atoms with van der Waals surface area (Å²) in [6, 6.07) is 1.55. The summed E-state index contributed by atoms with van der Waals surface area (Å²) in [6.45, 7) is 1.74. The molecule has 0 aliphatic rings. The highest BCUT2D eigenvalue weighted by molar-refractivity contribution is 7.16. The van der Waals surface area contributed by atoms with E-state index in [0.717, 1.165) is 4.88 Å². The smallest absolute Gasteiger partial charge is 0.279 e. The van der Waals surface area contributed by atoms with Crippen LogP contribution in [0.15, 0.2) is 16.8 Å². The second kappa shape index (κ2) is 6.13. The molecule has 2 heterocycles. The van der Waals surface area contributed by atoms with Crippen LogP contribution < -0.4 is 5.32 Å². The molecule has 0 atom stereocenters. The third kappa shape index (κ3) is 3.64. The molecule has 2 rings (SSSR count). The van der Waals surface area contributed by atoms with E-state index in [0.29, 0.717) is 17.3 Å². The van der Waals surface area contributed by atoms with Crippen LogP contribution in [0.25, 0.3) is 0 Å². The number of hydrogen-bond donors (Lipinski definition) is 2. The third-order valence-corrected chi connectivity index (χ3v) is 2.86. The molecule has 0 aliphatic heterocycles. The molecule has 7 heteroatoms. The molecular formula is C12H11N3O3S. The Morgan fingerprint density at radius 1 is 1.63 bits per heavy atom. The summed E-state index contributed by atoms with van der Waals surface area (Å²) in [5, 5.41) is 15.3. The van der Waals surface area contributed by atoms with Crippen LogP contribution in [-0.4, -0.2) is 27.8 Å². The maximum atomic E-state index is 11.8. The quantitative estimate of drug-likeness (QED) is 0.828. The molecule has 1 amide bonds. The largest absolute Gasteiger partial charge is 0.395 e. The van der Waals surface area contributed by atoms with Gasteiger partial charge in [0.2, 0.25) is 0 Å². The third-order valence-electron chi connectivity index (χ3n) is 2.04. The highest BCUT2D eigenvalue weighted by Gasteiger charge is 2.12. The number of aromatic nitrogens is 2. The maximum absolute atomic E-state index is 11.8. The summed E-state index contributed by atoms with van der Waals surface area (Å²) in [5.74, 6) is 5.82. The molecule has 0 aliphatic carbocycles. The van der Waals surface area contributed by atoms with Crippen LogP contribution in [-0.2, 0) is 0 Å². The lowest BCUT2D eigenvalue weighted by Crippen LogP contribution is -2.11. The Balaban J connectivity index is 2.00. The minimum atomic E-state index is -0.374. The van der Waals surface area contributed by atoms with Gasteiger partial charge in [-0.05, 0) is 6.92 Å². The van der Waals surface area contributed by atoms with Crippen molar-refractivity contribution in [3.8, 4) is 11.8 Å². The number of thiazole rings is 1. The number of nitrogens with zero attached hydrogens (tertiary/aromatic N) is 2. The van der Waals surface area contributed by atoms with Crippen molar-refractivity contribution in [3.63, 3.8) is 0 Å². The molecule has 2 aromatic heterocycles. The van der Waals surface area contributed by atoms with Crippen LogP contribution in [0.4, 0.5) is 5.13 Å². The average molecular weight is 277 g/mol.